The summed E-state index contributed by atoms with van der Waals surface area (Å²) >= 11 is 0. The van der Waals surface area contributed by atoms with Gasteiger partial charge in [0.1, 0.15) is 18.1 Å². The lowest BCUT2D eigenvalue weighted by Gasteiger charge is -2.14. The topological polar surface area (TPSA) is 76.7 Å². The number of carbonyl (C=O) groups is 2. The lowest BCUT2D eigenvalue weighted by atomic mass is 10.1. The van der Waals surface area contributed by atoms with E-state index < -0.39 is 0 Å². The Morgan fingerprint density at radius 3 is 2.19 bits per heavy atom. The molecule has 0 fully saturated rings. The zero-order chi connectivity index (χ0) is 23.1. The van der Waals surface area contributed by atoms with Crippen molar-refractivity contribution >= 4 is 23.2 Å². The molecule has 0 radical (unpaired) electrons. The largest absolute Gasteiger partial charge is 0.493 e. The van der Waals surface area contributed by atoms with Crippen molar-refractivity contribution < 1.29 is 19.1 Å². The minimum Gasteiger partial charge on any atom is -0.493 e. The summed E-state index contributed by atoms with van der Waals surface area (Å²) in [5, 5.41) is 5.57. The van der Waals surface area contributed by atoms with E-state index in [0.29, 0.717) is 29.3 Å². The fourth-order valence-electron chi connectivity index (χ4n) is 3.39. The van der Waals surface area contributed by atoms with Crippen LogP contribution in [-0.4, -0.2) is 18.4 Å². The van der Waals surface area contributed by atoms with E-state index in [2.05, 4.69) is 16.7 Å². The normalized spacial score (nSPS) is 10.4. The minimum absolute atomic E-state index is 0.173. The summed E-state index contributed by atoms with van der Waals surface area (Å²) < 4.78 is 11.7. The number of amides is 2. The second kappa shape index (κ2) is 10.5. The first-order valence-electron chi connectivity index (χ1n) is 10.5. The Hall–Kier alpha value is -3.80. The SMILES string of the molecule is CCOc1ccc(C(=O)Nc2cccc(NC(C)=O)c2)cc1COc1cc(C)cc(C)c1. The van der Waals surface area contributed by atoms with Crippen molar-refractivity contribution in [2.75, 3.05) is 17.2 Å². The Kier molecular flexibility index (Phi) is 7.49. The molecule has 6 heteroatoms. The van der Waals surface area contributed by atoms with E-state index in [0.717, 1.165) is 22.4 Å². The van der Waals surface area contributed by atoms with Crippen LogP contribution in [0.4, 0.5) is 11.4 Å². The van der Waals surface area contributed by atoms with Crippen LogP contribution in [0.3, 0.4) is 0 Å². The maximum absolute atomic E-state index is 12.9. The molecular weight excluding hydrogens is 404 g/mol. The molecule has 0 heterocycles. The molecule has 0 aliphatic rings. The number of nitrogens with one attached hydrogen (secondary N) is 2. The van der Waals surface area contributed by atoms with Gasteiger partial charge in [0, 0.05) is 29.4 Å². The fraction of sp³-hybridized carbons (Fsp3) is 0.231. The van der Waals surface area contributed by atoms with Gasteiger partial charge in [-0.15, -0.1) is 0 Å². The highest BCUT2D eigenvalue weighted by atomic mass is 16.5. The van der Waals surface area contributed by atoms with E-state index in [-0.39, 0.29) is 18.4 Å². The number of benzene rings is 3. The zero-order valence-corrected chi connectivity index (χ0v) is 18.8. The van der Waals surface area contributed by atoms with Crippen molar-refractivity contribution in [1.82, 2.24) is 0 Å². The third kappa shape index (κ3) is 6.35. The van der Waals surface area contributed by atoms with Crippen LogP contribution in [0.15, 0.2) is 60.7 Å². The fourth-order valence-corrected chi connectivity index (χ4v) is 3.39. The lowest BCUT2D eigenvalue weighted by molar-refractivity contribution is -0.114. The van der Waals surface area contributed by atoms with Crippen molar-refractivity contribution in [3.8, 4) is 11.5 Å². The number of hydrogen-bond acceptors (Lipinski definition) is 4. The van der Waals surface area contributed by atoms with Gasteiger partial charge in [0.05, 0.1) is 6.61 Å². The molecule has 0 bridgehead atoms. The number of aryl methyl sites for hydroxylation is 2. The molecule has 0 aliphatic carbocycles. The van der Waals surface area contributed by atoms with Gasteiger partial charge in [0.15, 0.2) is 0 Å². The molecule has 2 N–H and O–H groups in total. The van der Waals surface area contributed by atoms with Crippen LogP contribution in [0.25, 0.3) is 0 Å². The number of ether oxygens (including phenoxy) is 2. The first-order valence-corrected chi connectivity index (χ1v) is 10.5. The maximum atomic E-state index is 12.9. The predicted octanol–water partition coefficient (Wildman–Crippen LogP) is 5.49. The third-order valence-electron chi connectivity index (χ3n) is 4.65. The number of rotatable bonds is 8. The molecule has 0 aliphatic heterocycles. The molecule has 2 amide bonds. The quantitative estimate of drug-likeness (QED) is 0.493. The number of anilines is 2. The Bertz CT molecular complexity index is 1100. The molecular formula is C26H28N2O4. The molecule has 0 saturated carbocycles. The van der Waals surface area contributed by atoms with E-state index in [9.17, 15) is 9.59 Å². The summed E-state index contributed by atoms with van der Waals surface area (Å²) in [5.41, 5.74) is 4.72. The average molecular weight is 433 g/mol. The molecule has 166 valence electrons. The summed E-state index contributed by atoms with van der Waals surface area (Å²) in [5.74, 6) is 1.02. The maximum Gasteiger partial charge on any atom is 0.255 e. The Labute approximate surface area is 188 Å². The van der Waals surface area contributed by atoms with Crippen molar-refractivity contribution in [2.24, 2.45) is 0 Å². The van der Waals surface area contributed by atoms with Gasteiger partial charge in [0.25, 0.3) is 5.91 Å². The van der Waals surface area contributed by atoms with Gasteiger partial charge >= 0.3 is 0 Å². The predicted molar refractivity (Wildman–Crippen MR) is 127 cm³/mol. The summed E-state index contributed by atoms with van der Waals surface area (Å²) in [6.07, 6.45) is 0. The van der Waals surface area contributed by atoms with Crippen molar-refractivity contribution in [3.05, 3.63) is 82.9 Å². The van der Waals surface area contributed by atoms with Crippen LogP contribution in [0.2, 0.25) is 0 Å². The molecule has 0 saturated heterocycles. The highest BCUT2D eigenvalue weighted by molar-refractivity contribution is 6.05. The van der Waals surface area contributed by atoms with Gasteiger partial charge in [-0.05, 0) is 80.4 Å². The average Bonchev–Trinajstić information content (AvgIpc) is 2.72. The van der Waals surface area contributed by atoms with Gasteiger partial charge in [-0.2, -0.15) is 0 Å². The lowest BCUT2D eigenvalue weighted by Crippen LogP contribution is -2.13. The molecule has 3 rings (SSSR count). The van der Waals surface area contributed by atoms with Gasteiger partial charge in [-0.3, -0.25) is 9.59 Å². The number of hydrogen-bond donors (Lipinski definition) is 2. The van der Waals surface area contributed by atoms with Crippen LogP contribution in [0.1, 0.15) is 40.9 Å². The van der Waals surface area contributed by atoms with E-state index >= 15 is 0 Å². The van der Waals surface area contributed by atoms with Crippen LogP contribution in [0.5, 0.6) is 11.5 Å². The minimum atomic E-state index is -0.263. The zero-order valence-electron chi connectivity index (χ0n) is 18.8. The van der Waals surface area contributed by atoms with Gasteiger partial charge in [0.2, 0.25) is 5.91 Å². The molecule has 6 nitrogen and oxygen atoms in total. The van der Waals surface area contributed by atoms with Crippen LogP contribution in [-0.2, 0) is 11.4 Å². The summed E-state index contributed by atoms with van der Waals surface area (Å²) in [6, 6.07) is 18.3. The molecule has 0 atom stereocenters. The van der Waals surface area contributed by atoms with E-state index in [1.54, 1.807) is 42.5 Å². The molecule has 32 heavy (non-hydrogen) atoms. The molecule has 3 aromatic carbocycles. The van der Waals surface area contributed by atoms with Crippen LogP contribution in [0, 0.1) is 13.8 Å². The Balaban J connectivity index is 1.78. The van der Waals surface area contributed by atoms with Gasteiger partial charge < -0.3 is 20.1 Å². The first-order chi connectivity index (χ1) is 15.3. The standard InChI is InChI=1S/C26H28N2O4/c1-5-31-25-10-9-20(14-21(25)16-32-24-12-17(2)11-18(3)13-24)26(30)28-23-8-6-7-22(15-23)27-19(4)29/h6-15H,5,16H2,1-4H3,(H,27,29)(H,28,30). The van der Waals surface area contributed by atoms with E-state index in [1.165, 1.54) is 6.92 Å². The third-order valence-corrected chi connectivity index (χ3v) is 4.65. The summed E-state index contributed by atoms with van der Waals surface area (Å²) in [4.78, 5) is 24.1. The summed E-state index contributed by atoms with van der Waals surface area (Å²) in [6.45, 7) is 8.19. The van der Waals surface area contributed by atoms with E-state index in [1.807, 2.05) is 32.9 Å². The molecule has 0 aromatic heterocycles. The van der Waals surface area contributed by atoms with Crippen molar-refractivity contribution in [1.29, 1.82) is 0 Å². The summed E-state index contributed by atoms with van der Waals surface area (Å²) in [7, 11) is 0. The highest BCUT2D eigenvalue weighted by Gasteiger charge is 2.12. The van der Waals surface area contributed by atoms with Crippen molar-refractivity contribution in [2.45, 2.75) is 34.3 Å². The number of carbonyl (C=O) groups excluding carboxylic acids is 2. The first kappa shape index (κ1) is 22.9. The van der Waals surface area contributed by atoms with Crippen molar-refractivity contribution in [3.63, 3.8) is 0 Å². The Morgan fingerprint density at radius 2 is 1.53 bits per heavy atom. The second-order valence-corrected chi connectivity index (χ2v) is 7.58. The van der Waals surface area contributed by atoms with Gasteiger partial charge in [-0.25, -0.2) is 0 Å². The van der Waals surface area contributed by atoms with E-state index in [4.69, 9.17) is 9.47 Å². The van der Waals surface area contributed by atoms with Crippen LogP contribution >= 0.6 is 0 Å². The molecule has 0 unspecified atom stereocenters. The monoisotopic (exact) mass is 432 g/mol. The second-order valence-electron chi connectivity index (χ2n) is 7.58. The van der Waals surface area contributed by atoms with Gasteiger partial charge in [-0.1, -0.05) is 12.1 Å². The van der Waals surface area contributed by atoms with Crippen LogP contribution < -0.4 is 20.1 Å². The smallest absolute Gasteiger partial charge is 0.255 e. The molecule has 0 spiro atoms. The molecule has 3 aromatic rings. The highest BCUT2D eigenvalue weighted by Crippen LogP contribution is 2.25. The Morgan fingerprint density at radius 1 is 0.844 bits per heavy atom.